The molecule has 3 N–H and O–H groups in total. The van der Waals surface area contributed by atoms with E-state index in [1.807, 2.05) is 6.92 Å². The second-order valence-electron chi connectivity index (χ2n) is 7.36. The van der Waals surface area contributed by atoms with E-state index in [0.29, 0.717) is 18.9 Å². The van der Waals surface area contributed by atoms with Gasteiger partial charge in [-0.2, -0.15) is 0 Å². The maximum absolute atomic E-state index is 12.0. The highest BCUT2D eigenvalue weighted by molar-refractivity contribution is 5.87. The van der Waals surface area contributed by atoms with Gasteiger partial charge in [-0.3, -0.25) is 0 Å². The Morgan fingerprint density at radius 2 is 1.48 bits per heavy atom. The van der Waals surface area contributed by atoms with Gasteiger partial charge in [-0.25, -0.2) is 9.18 Å². The number of carbonyl (C=O) groups is 1. The zero-order valence-electron chi connectivity index (χ0n) is 18.3. The molecule has 0 radical (unpaired) electrons. The summed E-state index contributed by atoms with van der Waals surface area (Å²) in [6.45, 7) is 7.94. The van der Waals surface area contributed by atoms with Crippen LogP contribution in [0.25, 0.3) is 0 Å². The first kappa shape index (κ1) is 26.2. The number of anilines is 1. The average molecular weight is 432 g/mol. The van der Waals surface area contributed by atoms with E-state index in [0.717, 1.165) is 37.2 Å². The maximum Gasteiger partial charge on any atom is 0.335 e. The number of carboxylic acid groups (broad SMARTS) is 1. The van der Waals surface area contributed by atoms with Crippen LogP contribution in [-0.4, -0.2) is 30.9 Å². The van der Waals surface area contributed by atoms with Crippen molar-refractivity contribution in [1.82, 2.24) is 0 Å². The Hall–Kier alpha value is -2.86. The van der Waals surface area contributed by atoms with Crippen LogP contribution in [0.1, 0.15) is 55.8 Å². The van der Waals surface area contributed by atoms with E-state index in [2.05, 4.69) is 6.58 Å². The van der Waals surface area contributed by atoms with Crippen molar-refractivity contribution in [2.45, 2.75) is 45.4 Å². The first-order valence-corrected chi connectivity index (χ1v) is 10.6. The van der Waals surface area contributed by atoms with Gasteiger partial charge in [0.15, 0.2) is 0 Å². The maximum atomic E-state index is 12.0. The number of hydrogen-bond acceptors (Lipinski definition) is 4. The molecule has 0 aliphatic rings. The third-order valence-corrected chi connectivity index (χ3v) is 4.27. The van der Waals surface area contributed by atoms with Crippen LogP contribution in [0.15, 0.2) is 60.7 Å². The van der Waals surface area contributed by atoms with Crippen molar-refractivity contribution in [1.29, 1.82) is 0 Å². The second kappa shape index (κ2) is 15.9. The summed E-state index contributed by atoms with van der Waals surface area (Å²) in [5, 5.41) is 8.81. The normalized spacial score (nSPS) is 10.1. The molecule has 170 valence electrons. The zero-order chi connectivity index (χ0) is 22.9. The Labute approximate surface area is 184 Å². The largest absolute Gasteiger partial charge is 0.494 e. The minimum absolute atomic E-state index is 0.251. The monoisotopic (exact) mass is 431 g/mol. The van der Waals surface area contributed by atoms with Crippen LogP contribution in [0.3, 0.4) is 0 Å². The van der Waals surface area contributed by atoms with Crippen LogP contribution in [-0.2, 0) is 4.74 Å². The minimum atomic E-state index is -0.915. The summed E-state index contributed by atoms with van der Waals surface area (Å²) >= 11 is 0. The van der Waals surface area contributed by atoms with Gasteiger partial charge in [-0.1, -0.05) is 37.8 Å². The van der Waals surface area contributed by atoms with Crippen LogP contribution in [0, 0.1) is 5.82 Å². The summed E-state index contributed by atoms with van der Waals surface area (Å²) in [4.78, 5) is 10.7. The molecule has 0 saturated carbocycles. The fourth-order valence-electron chi connectivity index (χ4n) is 2.61. The highest BCUT2D eigenvalue weighted by atomic mass is 19.1. The van der Waals surface area contributed by atoms with Crippen LogP contribution in [0.2, 0.25) is 0 Å². The molecule has 0 atom stereocenters. The van der Waals surface area contributed by atoms with Crippen LogP contribution in [0.4, 0.5) is 10.1 Å². The lowest BCUT2D eigenvalue weighted by molar-refractivity contribution is 0.0697. The number of rotatable bonds is 13. The highest BCUT2D eigenvalue weighted by Crippen LogP contribution is 2.13. The fraction of sp³-hybridized carbons (Fsp3) is 0.400. The lowest BCUT2D eigenvalue weighted by Gasteiger charge is -2.06. The van der Waals surface area contributed by atoms with Gasteiger partial charge in [0.1, 0.15) is 11.6 Å². The number of nitrogens with two attached hydrogens (primary N) is 1. The SMILES string of the molecule is C=C(C)COCCCCCCCCOc1ccc(C(=O)O)cc1.Nc1ccc(F)cc1. The van der Waals surface area contributed by atoms with Crippen LogP contribution >= 0.6 is 0 Å². The summed E-state index contributed by atoms with van der Waals surface area (Å²) in [6, 6.07) is 12.2. The van der Waals surface area contributed by atoms with Gasteiger partial charge in [-0.05, 0) is 68.3 Å². The Bertz CT molecular complexity index is 739. The van der Waals surface area contributed by atoms with Crippen LogP contribution < -0.4 is 10.5 Å². The quantitative estimate of drug-likeness (QED) is 0.227. The third kappa shape index (κ3) is 13.9. The molecule has 0 fully saturated rings. The topological polar surface area (TPSA) is 81.8 Å². The van der Waals surface area contributed by atoms with E-state index in [1.54, 1.807) is 24.3 Å². The van der Waals surface area contributed by atoms with Crippen molar-refractivity contribution in [3.8, 4) is 5.75 Å². The Morgan fingerprint density at radius 1 is 0.935 bits per heavy atom. The Morgan fingerprint density at radius 3 is 2.00 bits per heavy atom. The van der Waals surface area contributed by atoms with Gasteiger partial charge in [0.25, 0.3) is 0 Å². The smallest absolute Gasteiger partial charge is 0.335 e. The van der Waals surface area contributed by atoms with Crippen molar-refractivity contribution in [3.05, 3.63) is 72.1 Å². The Balaban J connectivity index is 0.000000500. The van der Waals surface area contributed by atoms with Crippen molar-refractivity contribution < 1.29 is 23.8 Å². The summed E-state index contributed by atoms with van der Waals surface area (Å²) in [5.74, 6) is -0.439. The van der Waals surface area contributed by atoms with E-state index in [-0.39, 0.29) is 11.4 Å². The van der Waals surface area contributed by atoms with Crippen LogP contribution in [0.5, 0.6) is 5.75 Å². The number of unbranched alkanes of at least 4 members (excludes halogenated alkanes) is 5. The predicted molar refractivity (Wildman–Crippen MR) is 123 cm³/mol. The van der Waals surface area contributed by atoms with Gasteiger partial charge in [0.2, 0.25) is 0 Å². The number of aromatic carboxylic acids is 1. The second-order valence-corrected chi connectivity index (χ2v) is 7.36. The van der Waals surface area contributed by atoms with E-state index < -0.39 is 5.97 Å². The van der Waals surface area contributed by atoms with Gasteiger partial charge in [0.05, 0.1) is 18.8 Å². The molecule has 0 aliphatic carbocycles. The van der Waals surface area contributed by atoms with Crippen molar-refractivity contribution in [3.63, 3.8) is 0 Å². The zero-order valence-corrected chi connectivity index (χ0v) is 18.3. The lowest BCUT2D eigenvalue weighted by Crippen LogP contribution is -1.99. The molecule has 0 heterocycles. The molecule has 2 rings (SSSR count). The summed E-state index contributed by atoms with van der Waals surface area (Å²) in [7, 11) is 0. The first-order valence-electron chi connectivity index (χ1n) is 10.6. The molecular weight excluding hydrogens is 397 g/mol. The van der Waals surface area contributed by atoms with E-state index in [9.17, 15) is 9.18 Å². The van der Waals surface area contributed by atoms with Gasteiger partial charge in [-0.15, -0.1) is 0 Å². The number of nitrogen functional groups attached to an aromatic ring is 1. The molecule has 2 aromatic rings. The standard InChI is InChI=1S/C19H28O4.C6H6FN/c1-16(2)15-22-13-7-5-3-4-6-8-14-23-18-11-9-17(10-12-18)19(20)21;7-5-1-3-6(8)4-2-5/h9-12H,1,3-8,13-15H2,2H3,(H,20,21);1-4H,8H2. The molecule has 2 aromatic carbocycles. The first-order chi connectivity index (χ1) is 14.9. The van der Waals surface area contributed by atoms with Crippen molar-refractivity contribution in [2.24, 2.45) is 0 Å². The molecule has 0 bridgehead atoms. The number of ether oxygens (including phenoxy) is 2. The summed E-state index contributed by atoms with van der Waals surface area (Å²) in [6.07, 6.45) is 6.92. The van der Waals surface area contributed by atoms with Gasteiger partial charge < -0.3 is 20.3 Å². The predicted octanol–water partition coefficient (Wildman–Crippen LogP) is 6.10. The van der Waals surface area contributed by atoms with E-state index >= 15 is 0 Å². The Kier molecular flexibility index (Phi) is 13.4. The number of hydrogen-bond donors (Lipinski definition) is 2. The molecule has 6 heteroatoms. The molecule has 0 spiro atoms. The molecule has 0 aliphatic heterocycles. The molecule has 0 saturated heterocycles. The van der Waals surface area contributed by atoms with Gasteiger partial charge in [0, 0.05) is 12.3 Å². The summed E-state index contributed by atoms with van der Waals surface area (Å²) in [5.41, 5.74) is 7.20. The molecule has 5 nitrogen and oxygen atoms in total. The lowest BCUT2D eigenvalue weighted by atomic mass is 10.1. The average Bonchev–Trinajstić information content (AvgIpc) is 2.74. The highest BCUT2D eigenvalue weighted by Gasteiger charge is 2.02. The molecule has 0 unspecified atom stereocenters. The number of halogens is 1. The molecule has 0 amide bonds. The molecular formula is C25H34FNO4. The van der Waals surface area contributed by atoms with E-state index in [4.69, 9.17) is 20.3 Å². The van der Waals surface area contributed by atoms with Crippen molar-refractivity contribution >= 4 is 11.7 Å². The fourth-order valence-corrected chi connectivity index (χ4v) is 2.61. The number of carboxylic acids is 1. The number of benzene rings is 2. The van der Waals surface area contributed by atoms with Crippen molar-refractivity contribution in [2.75, 3.05) is 25.6 Å². The van der Waals surface area contributed by atoms with Gasteiger partial charge >= 0.3 is 5.97 Å². The molecule has 0 aromatic heterocycles. The minimum Gasteiger partial charge on any atom is -0.494 e. The summed E-state index contributed by atoms with van der Waals surface area (Å²) < 4.78 is 23.1. The third-order valence-electron chi connectivity index (χ3n) is 4.27. The molecule has 31 heavy (non-hydrogen) atoms. The van der Waals surface area contributed by atoms with E-state index in [1.165, 1.54) is 43.5 Å².